The Balaban J connectivity index is 2.24. The second kappa shape index (κ2) is 12.2. The predicted octanol–water partition coefficient (Wildman–Crippen LogP) is 5.61. The highest BCUT2D eigenvalue weighted by molar-refractivity contribution is 6.42. The average Bonchev–Trinajstić information content (AvgIpc) is 2.73. The van der Waals surface area contributed by atoms with Crippen LogP contribution >= 0.6 is 34.8 Å². The van der Waals surface area contributed by atoms with Gasteiger partial charge in [-0.1, -0.05) is 73.8 Å². The number of carbonyl (C=O) groups excluding carboxylic acids is 2. The molecule has 0 radical (unpaired) electrons. The maximum Gasteiger partial charge on any atom is 0.261 e. The van der Waals surface area contributed by atoms with Crippen LogP contribution in [0.5, 0.6) is 5.75 Å². The fourth-order valence-electron chi connectivity index (χ4n) is 2.96. The lowest BCUT2D eigenvalue weighted by molar-refractivity contribution is -0.143. The van der Waals surface area contributed by atoms with Gasteiger partial charge in [-0.3, -0.25) is 9.59 Å². The highest BCUT2D eigenvalue weighted by Crippen LogP contribution is 2.25. The van der Waals surface area contributed by atoms with Crippen molar-refractivity contribution < 1.29 is 14.3 Å². The number of rotatable bonds is 10. The Kier molecular flexibility index (Phi) is 9.94. The van der Waals surface area contributed by atoms with Gasteiger partial charge in [-0.2, -0.15) is 0 Å². The Hall–Kier alpha value is -1.95. The molecule has 0 heterocycles. The summed E-state index contributed by atoms with van der Waals surface area (Å²) in [5, 5.41) is 4.13. The SMILES string of the molecule is CC[C@@H](C(=O)NCC(C)C)N(Cc1ccc(Cl)c(Cl)c1)C(=O)COc1ccccc1Cl. The van der Waals surface area contributed by atoms with Crippen molar-refractivity contribution in [1.29, 1.82) is 0 Å². The summed E-state index contributed by atoms with van der Waals surface area (Å²) in [5.41, 5.74) is 0.760. The number of hydrogen-bond acceptors (Lipinski definition) is 3. The largest absolute Gasteiger partial charge is 0.482 e. The third-order valence-electron chi connectivity index (χ3n) is 4.60. The van der Waals surface area contributed by atoms with E-state index in [-0.39, 0.29) is 25.0 Å². The van der Waals surface area contributed by atoms with E-state index in [1.54, 1.807) is 42.5 Å². The molecule has 31 heavy (non-hydrogen) atoms. The fourth-order valence-corrected chi connectivity index (χ4v) is 3.47. The minimum absolute atomic E-state index is 0.190. The summed E-state index contributed by atoms with van der Waals surface area (Å²) in [6, 6.07) is 11.4. The lowest BCUT2D eigenvalue weighted by atomic mass is 10.1. The molecule has 0 saturated carbocycles. The Morgan fingerprint density at radius 3 is 2.35 bits per heavy atom. The van der Waals surface area contributed by atoms with Crippen LogP contribution in [0.2, 0.25) is 15.1 Å². The number of halogens is 3. The molecule has 0 saturated heterocycles. The zero-order valence-electron chi connectivity index (χ0n) is 17.8. The molecule has 0 aromatic heterocycles. The van der Waals surface area contributed by atoms with E-state index in [9.17, 15) is 9.59 Å². The van der Waals surface area contributed by atoms with Crippen LogP contribution < -0.4 is 10.1 Å². The van der Waals surface area contributed by atoms with Crippen molar-refractivity contribution in [3.63, 3.8) is 0 Å². The number of nitrogens with one attached hydrogen (secondary N) is 1. The van der Waals surface area contributed by atoms with E-state index < -0.39 is 6.04 Å². The lowest BCUT2D eigenvalue weighted by Crippen LogP contribution is -2.50. The first kappa shape index (κ1) is 25.3. The minimum atomic E-state index is -0.657. The summed E-state index contributed by atoms with van der Waals surface area (Å²) in [4.78, 5) is 27.5. The van der Waals surface area contributed by atoms with E-state index in [4.69, 9.17) is 39.5 Å². The standard InChI is InChI=1S/C23H27Cl3N2O3/c1-4-20(23(30)27-12-15(2)3)28(13-16-9-10-17(24)19(26)11-16)22(29)14-31-21-8-6-5-7-18(21)25/h5-11,15,20H,4,12-14H2,1-3H3,(H,27,30)/t20-/m0/s1. The molecule has 0 fully saturated rings. The van der Waals surface area contributed by atoms with Gasteiger partial charge >= 0.3 is 0 Å². The Labute approximate surface area is 198 Å². The van der Waals surface area contributed by atoms with Crippen molar-refractivity contribution in [2.24, 2.45) is 5.92 Å². The van der Waals surface area contributed by atoms with Crippen molar-refractivity contribution in [3.8, 4) is 5.75 Å². The molecule has 0 bridgehead atoms. The lowest BCUT2D eigenvalue weighted by Gasteiger charge is -2.31. The first-order valence-electron chi connectivity index (χ1n) is 10.1. The number of ether oxygens (including phenoxy) is 1. The van der Waals surface area contributed by atoms with E-state index in [1.165, 1.54) is 4.90 Å². The Morgan fingerprint density at radius 2 is 1.74 bits per heavy atom. The number of amides is 2. The monoisotopic (exact) mass is 484 g/mol. The van der Waals surface area contributed by atoms with E-state index in [2.05, 4.69) is 5.32 Å². The minimum Gasteiger partial charge on any atom is -0.482 e. The molecular formula is C23H27Cl3N2O3. The predicted molar refractivity (Wildman–Crippen MR) is 126 cm³/mol. The number of benzene rings is 2. The topological polar surface area (TPSA) is 58.6 Å². The van der Waals surface area contributed by atoms with Gasteiger partial charge in [0.2, 0.25) is 5.91 Å². The molecule has 2 aromatic carbocycles. The normalized spacial score (nSPS) is 11.8. The third kappa shape index (κ3) is 7.60. The van der Waals surface area contributed by atoms with Gasteiger partial charge in [0.1, 0.15) is 11.8 Å². The summed E-state index contributed by atoms with van der Waals surface area (Å²) < 4.78 is 5.63. The maximum atomic E-state index is 13.1. The summed E-state index contributed by atoms with van der Waals surface area (Å²) in [6.45, 7) is 6.35. The molecule has 2 rings (SSSR count). The molecule has 0 unspecified atom stereocenters. The van der Waals surface area contributed by atoms with Gasteiger partial charge in [-0.15, -0.1) is 0 Å². The van der Waals surface area contributed by atoms with Gasteiger partial charge in [0.15, 0.2) is 6.61 Å². The summed E-state index contributed by atoms with van der Waals surface area (Å²) in [6.07, 6.45) is 0.448. The molecule has 2 amide bonds. The second-order valence-corrected chi connectivity index (χ2v) is 8.77. The van der Waals surface area contributed by atoms with Gasteiger partial charge < -0.3 is 15.0 Å². The highest BCUT2D eigenvalue weighted by Gasteiger charge is 2.29. The Morgan fingerprint density at radius 1 is 1.03 bits per heavy atom. The molecule has 0 spiro atoms. The van der Waals surface area contributed by atoms with Crippen LogP contribution in [0, 0.1) is 5.92 Å². The van der Waals surface area contributed by atoms with Crippen molar-refractivity contribution in [2.75, 3.05) is 13.2 Å². The first-order valence-corrected chi connectivity index (χ1v) is 11.2. The second-order valence-electron chi connectivity index (χ2n) is 7.55. The molecule has 168 valence electrons. The van der Waals surface area contributed by atoms with Crippen LogP contribution in [0.3, 0.4) is 0 Å². The zero-order chi connectivity index (χ0) is 23.0. The quantitative estimate of drug-likeness (QED) is 0.476. The van der Waals surface area contributed by atoms with Crippen molar-refractivity contribution >= 4 is 46.6 Å². The third-order valence-corrected chi connectivity index (χ3v) is 5.65. The number of carbonyl (C=O) groups is 2. The van der Waals surface area contributed by atoms with Crippen LogP contribution in [-0.2, 0) is 16.1 Å². The summed E-state index contributed by atoms with van der Waals surface area (Å²) in [5.74, 6) is 0.161. The molecule has 0 aliphatic heterocycles. The first-order chi connectivity index (χ1) is 14.7. The van der Waals surface area contributed by atoms with E-state index in [0.717, 1.165) is 5.56 Å². The molecule has 0 aliphatic rings. The van der Waals surface area contributed by atoms with Crippen LogP contribution in [0.4, 0.5) is 0 Å². The molecule has 8 heteroatoms. The van der Waals surface area contributed by atoms with Gasteiger partial charge in [0.05, 0.1) is 15.1 Å². The molecule has 1 N–H and O–H groups in total. The number of nitrogens with zero attached hydrogens (tertiary/aromatic N) is 1. The van der Waals surface area contributed by atoms with Crippen LogP contribution in [-0.4, -0.2) is 35.9 Å². The molecule has 0 aliphatic carbocycles. The Bertz CT molecular complexity index is 905. The number of para-hydroxylation sites is 1. The van der Waals surface area contributed by atoms with Crippen LogP contribution in [0.25, 0.3) is 0 Å². The zero-order valence-corrected chi connectivity index (χ0v) is 20.1. The number of hydrogen-bond donors (Lipinski definition) is 1. The van der Waals surface area contributed by atoms with Gasteiger partial charge in [0, 0.05) is 13.1 Å². The van der Waals surface area contributed by atoms with Gasteiger partial charge in [-0.25, -0.2) is 0 Å². The molecular weight excluding hydrogens is 459 g/mol. The van der Waals surface area contributed by atoms with Gasteiger partial charge in [0.25, 0.3) is 5.91 Å². The molecule has 2 aromatic rings. The van der Waals surface area contributed by atoms with E-state index in [1.807, 2.05) is 20.8 Å². The summed E-state index contributed by atoms with van der Waals surface area (Å²) >= 11 is 18.3. The average molecular weight is 486 g/mol. The van der Waals surface area contributed by atoms with Crippen molar-refractivity contribution in [2.45, 2.75) is 39.8 Å². The van der Waals surface area contributed by atoms with E-state index >= 15 is 0 Å². The van der Waals surface area contributed by atoms with Crippen molar-refractivity contribution in [1.82, 2.24) is 10.2 Å². The van der Waals surface area contributed by atoms with Crippen LogP contribution in [0.15, 0.2) is 42.5 Å². The highest BCUT2D eigenvalue weighted by atomic mass is 35.5. The van der Waals surface area contributed by atoms with E-state index in [0.29, 0.717) is 39.7 Å². The maximum absolute atomic E-state index is 13.1. The fraction of sp³-hybridized carbons (Fsp3) is 0.391. The molecule has 5 nitrogen and oxygen atoms in total. The van der Waals surface area contributed by atoms with Crippen LogP contribution in [0.1, 0.15) is 32.8 Å². The van der Waals surface area contributed by atoms with Gasteiger partial charge in [-0.05, 0) is 42.2 Å². The van der Waals surface area contributed by atoms with Crippen molar-refractivity contribution in [3.05, 3.63) is 63.1 Å². The molecule has 1 atom stereocenters. The summed E-state index contributed by atoms with van der Waals surface area (Å²) in [7, 11) is 0. The smallest absolute Gasteiger partial charge is 0.261 e.